The van der Waals surface area contributed by atoms with Crippen LogP contribution in [-0.4, -0.2) is 62.4 Å². The van der Waals surface area contributed by atoms with Gasteiger partial charge in [-0.15, -0.1) is 0 Å². The third kappa shape index (κ3) is 3.76. The second-order valence-corrected chi connectivity index (χ2v) is 7.57. The maximum atomic E-state index is 11.3. The van der Waals surface area contributed by atoms with Crippen molar-refractivity contribution in [2.24, 2.45) is 0 Å². The highest BCUT2D eigenvalue weighted by Gasteiger charge is 2.28. The van der Waals surface area contributed by atoms with E-state index in [0.29, 0.717) is 5.75 Å². The Labute approximate surface area is 172 Å². The quantitative estimate of drug-likeness (QED) is 0.714. The zero-order valence-corrected chi connectivity index (χ0v) is 17.3. The standard InChI is InChI=1S/C24H28N2O3/c1-25-13-15-26(16-14-25)23(17-7-9-18(28-2)10-8-17)21-12-11-19-20(24(21)27)5-4-6-22(19)29-3/h4-12,23,27H,13-16H2,1-3H3/t23-/m1/s1. The second-order valence-electron chi connectivity index (χ2n) is 7.57. The molecule has 1 heterocycles. The van der Waals surface area contributed by atoms with Crippen molar-refractivity contribution >= 4 is 10.8 Å². The molecular formula is C24H28N2O3. The Morgan fingerprint density at radius 2 is 1.55 bits per heavy atom. The first-order valence-corrected chi connectivity index (χ1v) is 9.97. The maximum Gasteiger partial charge on any atom is 0.128 e. The van der Waals surface area contributed by atoms with Gasteiger partial charge in [0, 0.05) is 42.5 Å². The fourth-order valence-electron chi connectivity index (χ4n) is 4.18. The maximum absolute atomic E-state index is 11.3. The van der Waals surface area contributed by atoms with Gasteiger partial charge < -0.3 is 19.5 Å². The lowest BCUT2D eigenvalue weighted by atomic mass is 9.93. The van der Waals surface area contributed by atoms with Crippen LogP contribution in [0.1, 0.15) is 17.2 Å². The Morgan fingerprint density at radius 3 is 2.21 bits per heavy atom. The molecule has 0 radical (unpaired) electrons. The van der Waals surface area contributed by atoms with Gasteiger partial charge in [0.2, 0.25) is 0 Å². The molecule has 1 atom stereocenters. The van der Waals surface area contributed by atoms with Crippen LogP contribution in [0.15, 0.2) is 54.6 Å². The fourth-order valence-corrected chi connectivity index (χ4v) is 4.18. The molecule has 0 bridgehead atoms. The van der Waals surface area contributed by atoms with E-state index in [1.54, 1.807) is 14.2 Å². The third-order valence-electron chi connectivity index (χ3n) is 5.87. The number of phenols is 1. The van der Waals surface area contributed by atoms with E-state index in [4.69, 9.17) is 9.47 Å². The van der Waals surface area contributed by atoms with Crippen LogP contribution in [0.3, 0.4) is 0 Å². The zero-order chi connectivity index (χ0) is 20.4. The monoisotopic (exact) mass is 392 g/mol. The zero-order valence-electron chi connectivity index (χ0n) is 17.3. The summed E-state index contributed by atoms with van der Waals surface area (Å²) < 4.78 is 10.8. The highest BCUT2D eigenvalue weighted by molar-refractivity contribution is 5.94. The molecule has 1 aliphatic rings. The molecular weight excluding hydrogens is 364 g/mol. The molecule has 5 heteroatoms. The average molecular weight is 392 g/mol. The lowest BCUT2D eigenvalue weighted by Gasteiger charge is -2.38. The van der Waals surface area contributed by atoms with Crippen LogP contribution in [-0.2, 0) is 0 Å². The number of fused-ring (bicyclic) bond motifs is 1. The lowest BCUT2D eigenvalue weighted by molar-refractivity contribution is 0.126. The molecule has 0 amide bonds. The SMILES string of the molecule is COc1ccc([C@H](c2ccc3c(OC)cccc3c2O)N2CCN(C)CC2)cc1. The predicted octanol–water partition coefficient (Wildman–Crippen LogP) is 3.90. The molecule has 29 heavy (non-hydrogen) atoms. The lowest BCUT2D eigenvalue weighted by Crippen LogP contribution is -2.46. The number of benzene rings is 3. The average Bonchev–Trinajstić information content (AvgIpc) is 2.77. The van der Waals surface area contributed by atoms with Crippen molar-refractivity contribution in [3.63, 3.8) is 0 Å². The molecule has 0 saturated carbocycles. The van der Waals surface area contributed by atoms with E-state index in [1.165, 1.54) is 0 Å². The van der Waals surface area contributed by atoms with E-state index >= 15 is 0 Å². The summed E-state index contributed by atoms with van der Waals surface area (Å²) >= 11 is 0. The van der Waals surface area contributed by atoms with Gasteiger partial charge in [0.25, 0.3) is 0 Å². The first-order chi connectivity index (χ1) is 14.1. The van der Waals surface area contributed by atoms with Gasteiger partial charge in [-0.1, -0.05) is 36.4 Å². The molecule has 0 spiro atoms. The van der Waals surface area contributed by atoms with Crippen LogP contribution in [0, 0.1) is 0 Å². The molecule has 0 aliphatic carbocycles. The summed E-state index contributed by atoms with van der Waals surface area (Å²) in [6, 6.07) is 18.0. The normalized spacial score (nSPS) is 16.7. The molecule has 1 fully saturated rings. The van der Waals surface area contributed by atoms with E-state index in [0.717, 1.165) is 59.6 Å². The largest absolute Gasteiger partial charge is 0.507 e. The number of piperazine rings is 1. The second kappa shape index (κ2) is 8.31. The van der Waals surface area contributed by atoms with Gasteiger partial charge in [0.1, 0.15) is 17.2 Å². The van der Waals surface area contributed by atoms with Gasteiger partial charge in [-0.05, 0) is 30.8 Å². The highest BCUT2D eigenvalue weighted by Crippen LogP contribution is 2.41. The molecule has 0 aromatic heterocycles. The summed E-state index contributed by atoms with van der Waals surface area (Å²) in [5.41, 5.74) is 2.06. The van der Waals surface area contributed by atoms with Gasteiger partial charge in [0.15, 0.2) is 0 Å². The first kappa shape index (κ1) is 19.6. The van der Waals surface area contributed by atoms with Crippen molar-refractivity contribution in [1.82, 2.24) is 9.80 Å². The number of hydrogen-bond acceptors (Lipinski definition) is 5. The first-order valence-electron chi connectivity index (χ1n) is 9.97. The van der Waals surface area contributed by atoms with Gasteiger partial charge >= 0.3 is 0 Å². The molecule has 1 N–H and O–H groups in total. The van der Waals surface area contributed by atoms with Gasteiger partial charge in [-0.25, -0.2) is 0 Å². The smallest absolute Gasteiger partial charge is 0.128 e. The Balaban J connectivity index is 1.83. The fraction of sp³-hybridized carbons (Fsp3) is 0.333. The predicted molar refractivity (Wildman–Crippen MR) is 116 cm³/mol. The van der Waals surface area contributed by atoms with Crippen molar-refractivity contribution in [1.29, 1.82) is 0 Å². The summed E-state index contributed by atoms with van der Waals surface area (Å²) in [6.45, 7) is 3.91. The van der Waals surface area contributed by atoms with Crippen LogP contribution in [0.4, 0.5) is 0 Å². The van der Waals surface area contributed by atoms with E-state index < -0.39 is 0 Å². The Hall–Kier alpha value is -2.76. The highest BCUT2D eigenvalue weighted by atomic mass is 16.5. The third-order valence-corrected chi connectivity index (χ3v) is 5.87. The number of ether oxygens (including phenoxy) is 2. The van der Waals surface area contributed by atoms with Crippen molar-refractivity contribution in [3.8, 4) is 17.2 Å². The molecule has 4 rings (SSSR count). The summed E-state index contributed by atoms with van der Waals surface area (Å²) in [5.74, 6) is 1.92. The van der Waals surface area contributed by atoms with Crippen LogP contribution < -0.4 is 9.47 Å². The van der Waals surface area contributed by atoms with Crippen molar-refractivity contribution in [2.75, 3.05) is 47.4 Å². The Bertz CT molecular complexity index is 979. The summed E-state index contributed by atoms with van der Waals surface area (Å²) in [4.78, 5) is 4.79. The molecule has 0 unspecified atom stereocenters. The number of hydrogen-bond donors (Lipinski definition) is 1. The van der Waals surface area contributed by atoms with E-state index in [-0.39, 0.29) is 6.04 Å². The van der Waals surface area contributed by atoms with Crippen LogP contribution in [0.5, 0.6) is 17.2 Å². The number of likely N-dealkylation sites (N-methyl/N-ethyl adjacent to an activating group) is 1. The molecule has 152 valence electrons. The van der Waals surface area contributed by atoms with E-state index in [2.05, 4.69) is 35.0 Å². The van der Waals surface area contributed by atoms with E-state index in [9.17, 15) is 5.11 Å². The van der Waals surface area contributed by atoms with Crippen LogP contribution in [0.25, 0.3) is 10.8 Å². The molecule has 1 saturated heterocycles. The van der Waals surface area contributed by atoms with Gasteiger partial charge in [-0.3, -0.25) is 4.90 Å². The number of phenolic OH excluding ortho intramolecular Hbond substituents is 1. The molecule has 5 nitrogen and oxygen atoms in total. The summed E-state index contributed by atoms with van der Waals surface area (Å²) in [5, 5.41) is 13.0. The number of rotatable bonds is 5. The van der Waals surface area contributed by atoms with Crippen LogP contribution >= 0.6 is 0 Å². The van der Waals surface area contributed by atoms with E-state index in [1.807, 2.05) is 36.4 Å². The molecule has 3 aromatic carbocycles. The minimum atomic E-state index is -0.0230. The minimum absolute atomic E-state index is 0.0230. The molecule has 3 aromatic rings. The van der Waals surface area contributed by atoms with Crippen molar-refractivity contribution in [2.45, 2.75) is 6.04 Å². The molecule has 1 aliphatic heterocycles. The Morgan fingerprint density at radius 1 is 0.828 bits per heavy atom. The van der Waals surface area contributed by atoms with Crippen molar-refractivity contribution in [3.05, 3.63) is 65.7 Å². The minimum Gasteiger partial charge on any atom is -0.507 e. The topological polar surface area (TPSA) is 45.2 Å². The van der Waals surface area contributed by atoms with Gasteiger partial charge in [0.05, 0.1) is 20.3 Å². The number of nitrogens with zero attached hydrogens (tertiary/aromatic N) is 2. The van der Waals surface area contributed by atoms with Crippen molar-refractivity contribution < 1.29 is 14.6 Å². The van der Waals surface area contributed by atoms with Crippen LogP contribution in [0.2, 0.25) is 0 Å². The summed E-state index contributed by atoms with van der Waals surface area (Å²) in [6.07, 6.45) is 0. The van der Waals surface area contributed by atoms with Gasteiger partial charge in [-0.2, -0.15) is 0 Å². The Kier molecular flexibility index (Phi) is 5.60. The number of methoxy groups -OCH3 is 2. The summed E-state index contributed by atoms with van der Waals surface area (Å²) in [7, 11) is 5.49. The number of aromatic hydroxyl groups is 1.